The van der Waals surface area contributed by atoms with Crippen molar-refractivity contribution < 1.29 is 14.1 Å². The summed E-state index contributed by atoms with van der Waals surface area (Å²) >= 11 is 11.7. The molecule has 2 unspecified atom stereocenters. The van der Waals surface area contributed by atoms with Crippen LogP contribution >= 0.6 is 23.2 Å². The molecular formula is C11H12Cl2O3S. The standard InChI is InChI=1S/C11H12Cl2O3S/c1-2-10(11(14)15)17(16)6-7-5-8(12)3-4-9(7)13/h3-5,10H,2,6H2,1H3,(H,14,15). The zero-order valence-corrected chi connectivity index (χ0v) is 11.5. The van der Waals surface area contributed by atoms with Crippen molar-refractivity contribution in [2.45, 2.75) is 24.3 Å². The summed E-state index contributed by atoms with van der Waals surface area (Å²) in [6, 6.07) is 4.85. The first-order valence-electron chi connectivity index (χ1n) is 4.99. The third kappa shape index (κ3) is 3.98. The molecule has 6 heteroatoms. The number of carboxylic acids is 1. The molecule has 0 saturated carbocycles. The fourth-order valence-corrected chi connectivity index (χ4v) is 3.18. The van der Waals surface area contributed by atoms with E-state index in [0.29, 0.717) is 22.0 Å². The van der Waals surface area contributed by atoms with Gasteiger partial charge in [-0.25, -0.2) is 0 Å². The lowest BCUT2D eigenvalue weighted by Crippen LogP contribution is -2.25. The van der Waals surface area contributed by atoms with E-state index in [4.69, 9.17) is 28.3 Å². The van der Waals surface area contributed by atoms with Gasteiger partial charge in [0.1, 0.15) is 5.25 Å². The van der Waals surface area contributed by atoms with E-state index in [2.05, 4.69) is 0 Å². The Hall–Kier alpha value is -0.580. The van der Waals surface area contributed by atoms with Crippen LogP contribution in [-0.4, -0.2) is 20.5 Å². The highest BCUT2D eigenvalue weighted by atomic mass is 35.5. The van der Waals surface area contributed by atoms with Gasteiger partial charge < -0.3 is 5.11 Å². The van der Waals surface area contributed by atoms with E-state index in [1.54, 1.807) is 25.1 Å². The minimum absolute atomic E-state index is 0.101. The molecule has 0 aliphatic carbocycles. The van der Waals surface area contributed by atoms with Crippen molar-refractivity contribution in [1.29, 1.82) is 0 Å². The van der Waals surface area contributed by atoms with Gasteiger partial charge in [0.05, 0.1) is 5.75 Å². The lowest BCUT2D eigenvalue weighted by molar-refractivity contribution is -0.136. The highest BCUT2D eigenvalue weighted by molar-refractivity contribution is 7.85. The molecule has 0 radical (unpaired) electrons. The van der Waals surface area contributed by atoms with E-state index in [-0.39, 0.29) is 5.75 Å². The summed E-state index contributed by atoms with van der Waals surface area (Å²) in [6.45, 7) is 1.69. The molecular weight excluding hydrogens is 283 g/mol. The molecule has 0 fully saturated rings. The minimum atomic E-state index is -1.50. The van der Waals surface area contributed by atoms with Crippen LogP contribution in [0.5, 0.6) is 0 Å². The van der Waals surface area contributed by atoms with Gasteiger partial charge in [-0.05, 0) is 30.2 Å². The Bertz CT molecular complexity index is 448. The Labute approximate surface area is 112 Å². The largest absolute Gasteiger partial charge is 0.480 e. The van der Waals surface area contributed by atoms with E-state index in [9.17, 15) is 9.00 Å². The van der Waals surface area contributed by atoms with E-state index >= 15 is 0 Å². The highest BCUT2D eigenvalue weighted by Gasteiger charge is 2.23. The first-order valence-corrected chi connectivity index (χ1v) is 7.13. The Morgan fingerprint density at radius 2 is 2.12 bits per heavy atom. The van der Waals surface area contributed by atoms with Gasteiger partial charge in [0, 0.05) is 20.8 Å². The van der Waals surface area contributed by atoms with Gasteiger partial charge in [-0.3, -0.25) is 9.00 Å². The summed E-state index contributed by atoms with van der Waals surface area (Å²) in [6.07, 6.45) is 0.320. The van der Waals surface area contributed by atoms with Crippen LogP contribution in [0.1, 0.15) is 18.9 Å². The predicted molar refractivity (Wildman–Crippen MR) is 70.0 cm³/mol. The predicted octanol–water partition coefficient (Wildman–Crippen LogP) is 3.11. The van der Waals surface area contributed by atoms with Gasteiger partial charge >= 0.3 is 5.97 Å². The van der Waals surface area contributed by atoms with Crippen LogP contribution in [0.15, 0.2) is 18.2 Å². The Kier molecular flexibility index (Phi) is 5.43. The number of rotatable bonds is 5. The second-order valence-corrected chi connectivity index (χ2v) is 5.96. The number of hydrogen-bond acceptors (Lipinski definition) is 2. The monoisotopic (exact) mass is 294 g/mol. The van der Waals surface area contributed by atoms with Gasteiger partial charge in [-0.2, -0.15) is 0 Å². The fraction of sp³-hybridized carbons (Fsp3) is 0.364. The van der Waals surface area contributed by atoms with Gasteiger partial charge in [0.15, 0.2) is 0 Å². The first kappa shape index (κ1) is 14.5. The second-order valence-electron chi connectivity index (χ2n) is 3.50. The molecule has 0 saturated heterocycles. The lowest BCUT2D eigenvalue weighted by atomic mass is 10.2. The first-order chi connectivity index (χ1) is 7.95. The molecule has 94 valence electrons. The average molecular weight is 295 g/mol. The Morgan fingerprint density at radius 3 is 2.65 bits per heavy atom. The zero-order chi connectivity index (χ0) is 13.0. The quantitative estimate of drug-likeness (QED) is 0.908. The third-order valence-corrected chi connectivity index (χ3v) is 4.64. The smallest absolute Gasteiger partial charge is 0.319 e. The van der Waals surface area contributed by atoms with Gasteiger partial charge in [0.2, 0.25) is 0 Å². The van der Waals surface area contributed by atoms with Gasteiger partial charge in [0.25, 0.3) is 0 Å². The van der Waals surface area contributed by atoms with Crippen molar-refractivity contribution in [3.05, 3.63) is 33.8 Å². The molecule has 0 heterocycles. The molecule has 0 aliphatic rings. The summed E-state index contributed by atoms with van der Waals surface area (Å²) < 4.78 is 11.9. The van der Waals surface area contributed by atoms with E-state index in [0.717, 1.165) is 0 Å². The summed E-state index contributed by atoms with van der Waals surface area (Å²) in [4.78, 5) is 10.9. The Balaban J connectivity index is 2.87. The molecule has 0 amide bonds. The Morgan fingerprint density at radius 1 is 1.47 bits per heavy atom. The maximum Gasteiger partial charge on any atom is 0.319 e. The second kappa shape index (κ2) is 6.38. The molecule has 0 aromatic heterocycles. The molecule has 0 aliphatic heterocycles. The average Bonchev–Trinajstić information content (AvgIpc) is 2.24. The lowest BCUT2D eigenvalue weighted by Gasteiger charge is -2.10. The van der Waals surface area contributed by atoms with Gasteiger partial charge in [-0.1, -0.05) is 30.1 Å². The molecule has 0 bridgehead atoms. The highest BCUT2D eigenvalue weighted by Crippen LogP contribution is 2.23. The number of benzene rings is 1. The van der Waals surface area contributed by atoms with Crippen LogP contribution in [0.2, 0.25) is 10.0 Å². The van der Waals surface area contributed by atoms with Crippen LogP contribution < -0.4 is 0 Å². The van der Waals surface area contributed by atoms with Crippen LogP contribution in [0, 0.1) is 0 Å². The number of carbonyl (C=O) groups is 1. The van der Waals surface area contributed by atoms with E-state index in [1.165, 1.54) is 0 Å². The summed E-state index contributed by atoms with van der Waals surface area (Å²) in [5, 5.41) is 8.96. The molecule has 3 nitrogen and oxygen atoms in total. The van der Waals surface area contributed by atoms with Crippen molar-refractivity contribution >= 4 is 40.0 Å². The molecule has 1 aromatic rings. The van der Waals surface area contributed by atoms with Crippen LogP contribution in [0.4, 0.5) is 0 Å². The normalized spacial score (nSPS) is 14.3. The van der Waals surface area contributed by atoms with Crippen molar-refractivity contribution in [2.75, 3.05) is 0 Å². The van der Waals surface area contributed by atoms with E-state index < -0.39 is 22.0 Å². The molecule has 0 spiro atoms. The summed E-state index contributed by atoms with van der Waals surface area (Å²) in [5.74, 6) is -0.950. The third-order valence-electron chi connectivity index (χ3n) is 2.27. The molecule has 2 atom stereocenters. The molecule has 17 heavy (non-hydrogen) atoms. The van der Waals surface area contributed by atoms with E-state index in [1.807, 2.05) is 0 Å². The number of hydrogen-bond donors (Lipinski definition) is 1. The molecule has 1 rings (SSSR count). The maximum atomic E-state index is 11.9. The summed E-state index contributed by atoms with van der Waals surface area (Å²) in [5.41, 5.74) is 0.609. The van der Waals surface area contributed by atoms with Crippen LogP contribution in [-0.2, 0) is 21.3 Å². The summed E-state index contributed by atoms with van der Waals surface area (Å²) in [7, 11) is -1.50. The number of halogens is 2. The SMILES string of the molecule is CCC(C(=O)O)S(=O)Cc1cc(Cl)ccc1Cl. The van der Waals surface area contributed by atoms with Crippen molar-refractivity contribution in [3.8, 4) is 0 Å². The van der Waals surface area contributed by atoms with Crippen molar-refractivity contribution in [3.63, 3.8) is 0 Å². The zero-order valence-electron chi connectivity index (χ0n) is 9.15. The van der Waals surface area contributed by atoms with Crippen LogP contribution in [0.25, 0.3) is 0 Å². The number of aliphatic carboxylic acids is 1. The molecule has 1 N–H and O–H groups in total. The maximum absolute atomic E-state index is 11.9. The molecule has 1 aromatic carbocycles. The fourth-order valence-electron chi connectivity index (χ4n) is 1.38. The minimum Gasteiger partial charge on any atom is -0.480 e. The van der Waals surface area contributed by atoms with Crippen LogP contribution in [0.3, 0.4) is 0 Å². The topological polar surface area (TPSA) is 54.4 Å². The van der Waals surface area contributed by atoms with Gasteiger partial charge in [-0.15, -0.1) is 0 Å². The van der Waals surface area contributed by atoms with Crippen molar-refractivity contribution in [1.82, 2.24) is 0 Å². The van der Waals surface area contributed by atoms with Crippen molar-refractivity contribution in [2.24, 2.45) is 0 Å². The number of carboxylic acid groups (broad SMARTS) is 1.